The normalized spacial score (nSPS) is 17.7. The number of hydrogen-bond acceptors (Lipinski definition) is 4. The molecule has 0 spiro atoms. The van der Waals surface area contributed by atoms with Gasteiger partial charge in [0.05, 0.1) is 5.75 Å². The van der Waals surface area contributed by atoms with Crippen LogP contribution in [0.15, 0.2) is 0 Å². The molecule has 0 aromatic rings. The maximum absolute atomic E-state index is 11.7. The first-order valence-corrected chi connectivity index (χ1v) is 8.21. The van der Waals surface area contributed by atoms with Gasteiger partial charge in [-0.05, 0) is 25.7 Å². The number of carbonyl (C=O) groups is 2. The van der Waals surface area contributed by atoms with E-state index < -0.39 is 22.0 Å². The summed E-state index contributed by atoms with van der Waals surface area (Å²) in [6, 6.07) is -0.838. The van der Waals surface area contributed by atoms with E-state index in [1.807, 2.05) is 4.72 Å². The van der Waals surface area contributed by atoms with Crippen LogP contribution in [-0.4, -0.2) is 32.0 Å². The number of carbonyl (C=O) groups excluding carboxylic acids is 2. The van der Waals surface area contributed by atoms with Crippen LogP contribution in [0.25, 0.3) is 0 Å². The van der Waals surface area contributed by atoms with Crippen LogP contribution in [0.5, 0.6) is 0 Å². The quantitative estimate of drug-likeness (QED) is 0.740. The molecular formula is C12H22N2O4S. The highest BCUT2D eigenvalue weighted by Gasteiger charge is 2.28. The summed E-state index contributed by atoms with van der Waals surface area (Å²) in [5, 5.41) is 2.54. The number of nitrogens with one attached hydrogen (secondary N) is 2. The fraction of sp³-hybridized carbons (Fsp3) is 0.833. The Balaban J connectivity index is 2.45. The average molecular weight is 290 g/mol. The molecule has 1 atom stereocenters. The van der Waals surface area contributed by atoms with Crippen LogP contribution < -0.4 is 10.0 Å². The lowest BCUT2D eigenvalue weighted by Gasteiger charge is -2.25. The van der Waals surface area contributed by atoms with E-state index in [2.05, 4.69) is 5.32 Å². The molecule has 0 bridgehead atoms. The van der Waals surface area contributed by atoms with Gasteiger partial charge in [-0.1, -0.05) is 20.3 Å². The van der Waals surface area contributed by atoms with Crippen molar-refractivity contribution in [3.8, 4) is 0 Å². The molecule has 1 fully saturated rings. The minimum atomic E-state index is -3.62. The minimum Gasteiger partial charge on any atom is -0.344 e. The Morgan fingerprint density at radius 3 is 2.21 bits per heavy atom. The lowest BCUT2D eigenvalue weighted by atomic mass is 9.84. The Kier molecular flexibility index (Phi) is 5.34. The van der Waals surface area contributed by atoms with Crippen LogP contribution >= 0.6 is 0 Å². The number of hydrogen-bond donors (Lipinski definition) is 2. The first-order valence-electron chi connectivity index (χ1n) is 6.56. The van der Waals surface area contributed by atoms with Crippen molar-refractivity contribution in [3.63, 3.8) is 0 Å². The van der Waals surface area contributed by atoms with Crippen molar-refractivity contribution in [1.82, 2.24) is 10.0 Å². The molecule has 110 valence electrons. The van der Waals surface area contributed by atoms with Gasteiger partial charge in [0.2, 0.25) is 15.9 Å². The highest BCUT2D eigenvalue weighted by molar-refractivity contribution is 7.90. The molecule has 1 aliphatic carbocycles. The summed E-state index contributed by atoms with van der Waals surface area (Å²) in [6.45, 7) is 4.99. The number of amides is 2. The molecule has 0 aromatic carbocycles. The molecule has 0 unspecified atom stereocenters. The lowest BCUT2D eigenvalue weighted by Crippen LogP contribution is -2.49. The largest absolute Gasteiger partial charge is 0.344 e. The second kappa shape index (κ2) is 6.36. The second-order valence-electron chi connectivity index (χ2n) is 5.50. The van der Waals surface area contributed by atoms with Crippen molar-refractivity contribution in [3.05, 3.63) is 0 Å². The summed E-state index contributed by atoms with van der Waals surface area (Å²) >= 11 is 0. The average Bonchev–Trinajstić information content (AvgIpc) is 2.10. The fourth-order valence-corrected chi connectivity index (χ4v) is 3.23. The Labute approximate surface area is 114 Å². The number of sulfonamides is 1. The van der Waals surface area contributed by atoms with Crippen LogP contribution in [0, 0.1) is 11.8 Å². The van der Waals surface area contributed by atoms with Gasteiger partial charge in [-0.3, -0.25) is 14.3 Å². The zero-order chi connectivity index (χ0) is 14.6. The van der Waals surface area contributed by atoms with Gasteiger partial charge in [0.25, 0.3) is 5.91 Å². The molecule has 1 rings (SSSR count). The minimum absolute atomic E-state index is 0.0254. The second-order valence-corrected chi connectivity index (χ2v) is 7.27. The van der Waals surface area contributed by atoms with E-state index in [4.69, 9.17) is 0 Å². The molecule has 6 nitrogen and oxygen atoms in total. The van der Waals surface area contributed by atoms with E-state index in [9.17, 15) is 18.0 Å². The van der Waals surface area contributed by atoms with Crippen molar-refractivity contribution in [2.24, 2.45) is 11.8 Å². The topological polar surface area (TPSA) is 92.3 Å². The van der Waals surface area contributed by atoms with Gasteiger partial charge in [0, 0.05) is 5.92 Å². The Morgan fingerprint density at radius 2 is 1.79 bits per heavy atom. The predicted octanol–water partition coefficient (Wildman–Crippen LogP) is 0.393. The molecule has 7 heteroatoms. The van der Waals surface area contributed by atoms with E-state index in [-0.39, 0.29) is 23.5 Å². The van der Waals surface area contributed by atoms with Gasteiger partial charge in [0.15, 0.2) is 0 Å². The fourth-order valence-electron chi connectivity index (χ4n) is 1.79. The first-order chi connectivity index (χ1) is 8.71. The standard InChI is InChI=1S/C12H22N2O4S/c1-8(2)7-19(17,18)14-11(15)9(3)13-12(16)10-5-4-6-10/h8-10H,4-7H2,1-3H3,(H,13,16)(H,14,15)/t9-/m1/s1. The molecule has 0 aliphatic heterocycles. The molecule has 0 aromatic heterocycles. The van der Waals surface area contributed by atoms with Crippen LogP contribution in [0.4, 0.5) is 0 Å². The van der Waals surface area contributed by atoms with E-state index in [1.165, 1.54) is 6.92 Å². The summed E-state index contributed by atoms with van der Waals surface area (Å²) in [5.41, 5.74) is 0. The molecular weight excluding hydrogens is 268 g/mol. The molecule has 0 heterocycles. The highest BCUT2D eigenvalue weighted by atomic mass is 32.2. The third-order valence-electron chi connectivity index (χ3n) is 3.04. The number of rotatable bonds is 6. The molecule has 1 aliphatic rings. The summed E-state index contributed by atoms with van der Waals surface area (Å²) in [4.78, 5) is 23.3. The smallest absolute Gasteiger partial charge is 0.255 e. The first kappa shape index (κ1) is 15.9. The van der Waals surface area contributed by atoms with Gasteiger partial charge in [-0.15, -0.1) is 0 Å². The van der Waals surface area contributed by atoms with Crippen molar-refractivity contribution in [1.29, 1.82) is 0 Å². The summed E-state index contributed by atoms with van der Waals surface area (Å²) < 4.78 is 25.2. The van der Waals surface area contributed by atoms with Crippen LogP contribution in [0.3, 0.4) is 0 Å². The SMILES string of the molecule is CC(C)CS(=O)(=O)NC(=O)[C@@H](C)NC(=O)C1CCC1. The predicted molar refractivity (Wildman–Crippen MR) is 71.7 cm³/mol. The van der Waals surface area contributed by atoms with Gasteiger partial charge >= 0.3 is 0 Å². The van der Waals surface area contributed by atoms with Crippen molar-refractivity contribution in [2.45, 2.75) is 46.1 Å². The van der Waals surface area contributed by atoms with Crippen molar-refractivity contribution < 1.29 is 18.0 Å². The van der Waals surface area contributed by atoms with E-state index in [1.54, 1.807) is 13.8 Å². The highest BCUT2D eigenvalue weighted by Crippen LogP contribution is 2.26. The zero-order valence-corrected chi connectivity index (χ0v) is 12.4. The molecule has 0 radical (unpaired) electrons. The summed E-state index contributed by atoms with van der Waals surface area (Å²) in [6.07, 6.45) is 2.71. The van der Waals surface area contributed by atoms with Crippen molar-refractivity contribution >= 4 is 21.8 Å². The van der Waals surface area contributed by atoms with Crippen LogP contribution in [0.1, 0.15) is 40.0 Å². The third-order valence-corrected chi connectivity index (χ3v) is 4.65. The van der Waals surface area contributed by atoms with Gasteiger partial charge < -0.3 is 5.32 Å². The Bertz CT molecular complexity index is 441. The maximum atomic E-state index is 11.7. The van der Waals surface area contributed by atoms with E-state index in [0.717, 1.165) is 19.3 Å². The lowest BCUT2D eigenvalue weighted by molar-refractivity contribution is -0.131. The van der Waals surface area contributed by atoms with Gasteiger partial charge in [-0.25, -0.2) is 8.42 Å². The molecule has 19 heavy (non-hydrogen) atoms. The Morgan fingerprint density at radius 1 is 1.21 bits per heavy atom. The third kappa shape index (κ3) is 5.18. The van der Waals surface area contributed by atoms with Crippen LogP contribution in [-0.2, 0) is 19.6 Å². The zero-order valence-electron chi connectivity index (χ0n) is 11.6. The van der Waals surface area contributed by atoms with Gasteiger partial charge in [-0.2, -0.15) is 0 Å². The van der Waals surface area contributed by atoms with Crippen molar-refractivity contribution in [2.75, 3.05) is 5.75 Å². The van der Waals surface area contributed by atoms with E-state index >= 15 is 0 Å². The molecule has 1 saturated carbocycles. The summed E-state index contributed by atoms with van der Waals surface area (Å²) in [7, 11) is -3.62. The molecule has 2 N–H and O–H groups in total. The molecule has 0 saturated heterocycles. The van der Waals surface area contributed by atoms with Crippen LogP contribution in [0.2, 0.25) is 0 Å². The molecule has 2 amide bonds. The Hall–Kier alpha value is -1.11. The van der Waals surface area contributed by atoms with Gasteiger partial charge in [0.1, 0.15) is 6.04 Å². The maximum Gasteiger partial charge on any atom is 0.255 e. The van der Waals surface area contributed by atoms with E-state index in [0.29, 0.717) is 0 Å². The summed E-state index contributed by atoms with van der Waals surface area (Å²) in [5.74, 6) is -1.06. The monoisotopic (exact) mass is 290 g/mol.